The molecule has 0 aromatic heterocycles. The molecule has 5 aromatic rings. The molecule has 266 valence electrons. The van der Waals surface area contributed by atoms with Crippen LogP contribution in [-0.4, -0.2) is 26.4 Å². The van der Waals surface area contributed by atoms with Gasteiger partial charge in [0.05, 0.1) is 59.7 Å². The fourth-order valence-corrected chi connectivity index (χ4v) is 5.97. The molecule has 6 nitrogen and oxygen atoms in total. The van der Waals surface area contributed by atoms with Crippen LogP contribution in [0.5, 0.6) is 23.0 Å². The van der Waals surface area contributed by atoms with Gasteiger partial charge in [0, 0.05) is 12.1 Å². The summed E-state index contributed by atoms with van der Waals surface area (Å²) in [4.78, 5) is 0. The Morgan fingerprint density at radius 1 is 0.385 bits per heavy atom. The summed E-state index contributed by atoms with van der Waals surface area (Å²) in [5.41, 5.74) is 5.63. The molecular weight excluding hydrogens is 691 g/mol. The minimum absolute atomic E-state index is 0.486. The number of ether oxygens (including phenoxy) is 4. The first-order valence-corrected chi connectivity index (χ1v) is 18.5. The number of hydrogen-bond acceptors (Lipinski definition) is 6. The van der Waals surface area contributed by atoms with E-state index in [2.05, 4.69) is 12.1 Å². The minimum Gasteiger partial charge on any atom is -0.494 e. The summed E-state index contributed by atoms with van der Waals surface area (Å²) >= 11 is 13.0. The lowest BCUT2D eigenvalue weighted by molar-refractivity contribution is 0.283. The SMILES string of the molecule is N#Cc1ccc(-c2ccc(OCCCCCCOc3cc(Cl)c(OCCCCCCOc4ccc(-c5ccc(C#N)cc5)cc4)cc3Cl)cc2)cc1. The standard InChI is InChI=1S/C44H42Cl2N2O4/c45-41-30-44(52-28-8-4-2-6-26-50-40-23-19-38(20-24-40)36-15-11-34(32-48)12-16-36)42(46)29-43(41)51-27-7-3-1-5-25-49-39-21-17-37(18-22-39)35-13-9-33(31-47)10-14-35/h9-24,29-30H,1-8,25-28H2. The van der Waals surface area contributed by atoms with Crippen molar-refractivity contribution in [1.82, 2.24) is 0 Å². The van der Waals surface area contributed by atoms with E-state index in [1.807, 2.05) is 97.1 Å². The quantitative estimate of drug-likeness (QED) is 0.0741. The fraction of sp³-hybridized carbons (Fsp3) is 0.273. The van der Waals surface area contributed by atoms with Crippen molar-refractivity contribution in [1.29, 1.82) is 10.5 Å². The van der Waals surface area contributed by atoms with Gasteiger partial charge in [-0.2, -0.15) is 10.5 Å². The van der Waals surface area contributed by atoms with Gasteiger partial charge in [0.25, 0.3) is 0 Å². The van der Waals surface area contributed by atoms with Crippen molar-refractivity contribution in [3.05, 3.63) is 130 Å². The monoisotopic (exact) mass is 732 g/mol. The number of halogens is 2. The Bertz CT molecular complexity index is 1770. The first-order valence-electron chi connectivity index (χ1n) is 17.7. The smallest absolute Gasteiger partial charge is 0.139 e. The lowest BCUT2D eigenvalue weighted by atomic mass is 10.0. The minimum atomic E-state index is 0.486. The van der Waals surface area contributed by atoms with Crippen LogP contribution in [0, 0.1) is 22.7 Å². The van der Waals surface area contributed by atoms with E-state index >= 15 is 0 Å². The van der Waals surface area contributed by atoms with Crippen LogP contribution in [0.15, 0.2) is 109 Å². The molecule has 52 heavy (non-hydrogen) atoms. The van der Waals surface area contributed by atoms with E-state index in [1.165, 1.54) is 0 Å². The topological polar surface area (TPSA) is 84.5 Å². The summed E-state index contributed by atoms with van der Waals surface area (Å²) in [6.45, 7) is 2.43. The maximum atomic E-state index is 8.97. The second-order valence-electron chi connectivity index (χ2n) is 12.4. The van der Waals surface area contributed by atoms with Gasteiger partial charge < -0.3 is 18.9 Å². The zero-order chi connectivity index (χ0) is 36.4. The molecule has 0 radical (unpaired) electrons. The van der Waals surface area contributed by atoms with Crippen LogP contribution in [0.25, 0.3) is 22.3 Å². The molecular formula is C44H42Cl2N2O4. The summed E-state index contributed by atoms with van der Waals surface area (Å²) in [6.07, 6.45) is 7.85. The van der Waals surface area contributed by atoms with Gasteiger partial charge >= 0.3 is 0 Å². The highest BCUT2D eigenvalue weighted by Gasteiger charge is 2.10. The molecule has 0 bridgehead atoms. The molecule has 0 heterocycles. The van der Waals surface area contributed by atoms with Crippen molar-refractivity contribution in [3.63, 3.8) is 0 Å². The van der Waals surface area contributed by atoms with E-state index < -0.39 is 0 Å². The van der Waals surface area contributed by atoms with E-state index in [0.717, 1.165) is 85.1 Å². The van der Waals surface area contributed by atoms with Gasteiger partial charge in [-0.1, -0.05) is 71.7 Å². The van der Waals surface area contributed by atoms with Gasteiger partial charge in [0.2, 0.25) is 0 Å². The van der Waals surface area contributed by atoms with E-state index in [-0.39, 0.29) is 0 Å². The Hall–Kier alpha value is -5.14. The highest BCUT2D eigenvalue weighted by molar-refractivity contribution is 6.35. The van der Waals surface area contributed by atoms with Crippen LogP contribution >= 0.6 is 23.2 Å². The van der Waals surface area contributed by atoms with E-state index in [4.69, 9.17) is 52.7 Å². The molecule has 5 rings (SSSR count). The first-order chi connectivity index (χ1) is 25.5. The molecule has 0 saturated heterocycles. The molecule has 0 saturated carbocycles. The molecule has 0 amide bonds. The fourth-order valence-electron chi connectivity index (χ4n) is 5.55. The van der Waals surface area contributed by atoms with Gasteiger partial charge in [0.15, 0.2) is 0 Å². The zero-order valence-corrected chi connectivity index (χ0v) is 30.7. The van der Waals surface area contributed by atoms with Gasteiger partial charge in [-0.15, -0.1) is 0 Å². The van der Waals surface area contributed by atoms with Crippen molar-refractivity contribution in [2.24, 2.45) is 0 Å². The predicted molar refractivity (Wildman–Crippen MR) is 209 cm³/mol. The van der Waals surface area contributed by atoms with Crippen LogP contribution in [0.1, 0.15) is 62.5 Å². The molecule has 5 aromatic carbocycles. The third kappa shape index (κ3) is 12.0. The van der Waals surface area contributed by atoms with Crippen LogP contribution in [-0.2, 0) is 0 Å². The average Bonchev–Trinajstić information content (AvgIpc) is 3.19. The number of nitriles is 2. The van der Waals surface area contributed by atoms with E-state index in [1.54, 1.807) is 12.1 Å². The lowest BCUT2D eigenvalue weighted by Gasteiger charge is -2.13. The molecule has 0 aliphatic carbocycles. The maximum absolute atomic E-state index is 8.97. The molecule has 0 aliphatic heterocycles. The summed E-state index contributed by atoms with van der Waals surface area (Å²) < 4.78 is 23.7. The van der Waals surface area contributed by atoms with E-state index in [0.29, 0.717) is 59.1 Å². The van der Waals surface area contributed by atoms with Crippen molar-refractivity contribution in [2.75, 3.05) is 26.4 Å². The Morgan fingerprint density at radius 3 is 0.981 bits per heavy atom. The second-order valence-corrected chi connectivity index (χ2v) is 13.2. The molecule has 0 atom stereocenters. The number of hydrogen-bond donors (Lipinski definition) is 0. The Balaban J connectivity index is 0.883. The van der Waals surface area contributed by atoms with Crippen LogP contribution in [0.4, 0.5) is 0 Å². The second kappa shape index (κ2) is 20.6. The molecule has 0 unspecified atom stereocenters. The third-order valence-electron chi connectivity index (χ3n) is 8.52. The lowest BCUT2D eigenvalue weighted by Crippen LogP contribution is -2.02. The summed E-state index contributed by atoms with van der Waals surface area (Å²) in [5.74, 6) is 2.83. The van der Waals surface area contributed by atoms with Crippen molar-refractivity contribution >= 4 is 23.2 Å². The van der Waals surface area contributed by atoms with Gasteiger partial charge in [0.1, 0.15) is 23.0 Å². The highest BCUT2D eigenvalue weighted by Crippen LogP contribution is 2.36. The summed E-state index contributed by atoms with van der Waals surface area (Å²) in [5, 5.41) is 18.9. The maximum Gasteiger partial charge on any atom is 0.139 e. The zero-order valence-electron chi connectivity index (χ0n) is 29.2. The van der Waals surface area contributed by atoms with E-state index in [9.17, 15) is 0 Å². The van der Waals surface area contributed by atoms with Crippen molar-refractivity contribution in [2.45, 2.75) is 51.4 Å². The Morgan fingerprint density at radius 2 is 0.673 bits per heavy atom. The van der Waals surface area contributed by atoms with Gasteiger partial charge in [-0.3, -0.25) is 0 Å². The number of unbranched alkanes of at least 4 members (excludes halogenated alkanes) is 6. The number of nitrogens with zero attached hydrogens (tertiary/aromatic N) is 2. The van der Waals surface area contributed by atoms with Crippen LogP contribution in [0.2, 0.25) is 10.0 Å². The predicted octanol–water partition coefficient (Wildman–Crippen LogP) is 12.1. The molecule has 0 N–H and O–H groups in total. The van der Waals surface area contributed by atoms with Gasteiger partial charge in [-0.05, 0) is 122 Å². The Labute approximate surface area is 317 Å². The number of benzene rings is 5. The van der Waals surface area contributed by atoms with Crippen molar-refractivity contribution < 1.29 is 18.9 Å². The molecule has 8 heteroatoms. The van der Waals surface area contributed by atoms with Crippen LogP contribution in [0.3, 0.4) is 0 Å². The Kier molecular flexibility index (Phi) is 15.1. The molecule has 0 spiro atoms. The first kappa shape index (κ1) is 38.1. The molecule has 0 aliphatic rings. The largest absolute Gasteiger partial charge is 0.494 e. The normalized spacial score (nSPS) is 10.6. The van der Waals surface area contributed by atoms with Crippen LogP contribution < -0.4 is 18.9 Å². The van der Waals surface area contributed by atoms with Gasteiger partial charge in [-0.25, -0.2) is 0 Å². The summed E-state index contributed by atoms with van der Waals surface area (Å²) in [6, 6.07) is 38.9. The average molecular weight is 734 g/mol. The number of rotatable bonds is 20. The molecule has 0 fully saturated rings. The summed E-state index contributed by atoms with van der Waals surface area (Å²) in [7, 11) is 0. The highest BCUT2D eigenvalue weighted by atomic mass is 35.5. The van der Waals surface area contributed by atoms with Crippen molar-refractivity contribution in [3.8, 4) is 57.4 Å². The third-order valence-corrected chi connectivity index (χ3v) is 9.11.